The van der Waals surface area contributed by atoms with Gasteiger partial charge in [-0.2, -0.15) is 0 Å². The van der Waals surface area contributed by atoms with Crippen LogP contribution in [0.1, 0.15) is 54.2 Å². The summed E-state index contributed by atoms with van der Waals surface area (Å²) in [7, 11) is 0. The maximum atomic E-state index is 11.4. The molecule has 0 atom stereocenters. The van der Waals surface area contributed by atoms with Gasteiger partial charge in [-0.3, -0.25) is 0 Å². The molecule has 0 amide bonds. The van der Waals surface area contributed by atoms with Gasteiger partial charge in [0.2, 0.25) is 0 Å². The lowest BCUT2D eigenvalue weighted by Gasteiger charge is -2.16. The van der Waals surface area contributed by atoms with Crippen molar-refractivity contribution in [3.8, 4) is 0 Å². The Hall–Kier alpha value is -1.58. The quantitative estimate of drug-likeness (QED) is 0.854. The molecule has 102 valence electrons. The number of aromatic carboxylic acids is 1. The van der Waals surface area contributed by atoms with E-state index in [0.29, 0.717) is 16.8 Å². The molecular formula is C15H20N2O2. The molecule has 0 saturated heterocycles. The third-order valence-electron chi connectivity index (χ3n) is 4.62. The highest BCUT2D eigenvalue weighted by Gasteiger charge is 2.40. The summed E-state index contributed by atoms with van der Waals surface area (Å²) in [6, 6.07) is 1.81. The van der Waals surface area contributed by atoms with E-state index >= 15 is 0 Å². The van der Waals surface area contributed by atoms with Gasteiger partial charge in [0.1, 0.15) is 11.4 Å². The number of rotatable bonds is 5. The minimum absolute atomic E-state index is 0.326. The SMILES string of the molecule is CCC1(CNc2nc3c(cc2C(=O)O)CCC3)CC1. The second-order valence-corrected chi connectivity index (χ2v) is 5.86. The van der Waals surface area contributed by atoms with Crippen molar-refractivity contribution in [2.45, 2.75) is 45.4 Å². The highest BCUT2D eigenvalue weighted by atomic mass is 16.4. The molecule has 4 nitrogen and oxygen atoms in total. The van der Waals surface area contributed by atoms with Gasteiger partial charge in [-0.15, -0.1) is 0 Å². The van der Waals surface area contributed by atoms with Crippen LogP contribution in [0.4, 0.5) is 5.82 Å². The van der Waals surface area contributed by atoms with Gasteiger partial charge in [0.05, 0.1) is 0 Å². The van der Waals surface area contributed by atoms with Gasteiger partial charge in [0, 0.05) is 12.2 Å². The van der Waals surface area contributed by atoms with Gasteiger partial charge in [-0.1, -0.05) is 6.92 Å². The predicted octanol–water partition coefficient (Wildman–Crippen LogP) is 2.87. The Morgan fingerprint density at radius 1 is 1.47 bits per heavy atom. The van der Waals surface area contributed by atoms with Crippen molar-refractivity contribution >= 4 is 11.8 Å². The number of fused-ring (bicyclic) bond motifs is 1. The third-order valence-corrected chi connectivity index (χ3v) is 4.62. The lowest BCUT2D eigenvalue weighted by molar-refractivity contribution is 0.0697. The van der Waals surface area contributed by atoms with Crippen molar-refractivity contribution in [2.24, 2.45) is 5.41 Å². The lowest BCUT2D eigenvalue weighted by atomic mass is 10.0. The number of aromatic nitrogens is 1. The summed E-state index contributed by atoms with van der Waals surface area (Å²) in [5.74, 6) is -0.320. The van der Waals surface area contributed by atoms with E-state index in [1.54, 1.807) is 0 Å². The van der Waals surface area contributed by atoms with Crippen LogP contribution in [0.2, 0.25) is 0 Å². The van der Waals surface area contributed by atoms with Crippen LogP contribution in [-0.2, 0) is 12.8 Å². The highest BCUT2D eigenvalue weighted by molar-refractivity contribution is 5.93. The number of pyridine rings is 1. The zero-order valence-electron chi connectivity index (χ0n) is 11.3. The molecule has 19 heavy (non-hydrogen) atoms. The molecule has 2 aliphatic rings. The summed E-state index contributed by atoms with van der Waals surface area (Å²) < 4.78 is 0. The predicted molar refractivity (Wildman–Crippen MR) is 73.7 cm³/mol. The molecule has 4 heteroatoms. The van der Waals surface area contributed by atoms with Crippen molar-refractivity contribution in [1.29, 1.82) is 0 Å². The molecule has 1 aromatic rings. The van der Waals surface area contributed by atoms with E-state index in [0.717, 1.165) is 43.5 Å². The van der Waals surface area contributed by atoms with E-state index in [1.165, 1.54) is 12.8 Å². The monoisotopic (exact) mass is 260 g/mol. The molecule has 0 aliphatic heterocycles. The molecular weight excluding hydrogens is 240 g/mol. The molecule has 0 bridgehead atoms. The van der Waals surface area contributed by atoms with Gasteiger partial charge >= 0.3 is 5.97 Å². The van der Waals surface area contributed by atoms with Crippen LogP contribution in [0.15, 0.2) is 6.07 Å². The fourth-order valence-corrected chi connectivity index (χ4v) is 2.87. The number of nitrogens with zero attached hydrogens (tertiary/aromatic N) is 1. The number of hydrogen-bond acceptors (Lipinski definition) is 3. The van der Waals surface area contributed by atoms with Crippen LogP contribution >= 0.6 is 0 Å². The van der Waals surface area contributed by atoms with Crippen LogP contribution < -0.4 is 5.32 Å². The average Bonchev–Trinajstić information content (AvgIpc) is 3.05. The molecule has 1 fully saturated rings. The number of nitrogens with one attached hydrogen (secondary N) is 1. The first-order valence-corrected chi connectivity index (χ1v) is 7.13. The molecule has 0 radical (unpaired) electrons. The number of carboxylic acid groups (broad SMARTS) is 1. The minimum atomic E-state index is -0.883. The lowest BCUT2D eigenvalue weighted by Crippen LogP contribution is -2.18. The highest BCUT2D eigenvalue weighted by Crippen LogP contribution is 2.48. The molecule has 2 aliphatic carbocycles. The number of carboxylic acids is 1. The van der Waals surface area contributed by atoms with E-state index in [4.69, 9.17) is 0 Å². The summed E-state index contributed by atoms with van der Waals surface area (Å²) in [6.07, 6.45) is 6.65. The van der Waals surface area contributed by atoms with Crippen LogP contribution in [0.3, 0.4) is 0 Å². The molecule has 1 heterocycles. The Morgan fingerprint density at radius 3 is 2.89 bits per heavy atom. The fraction of sp³-hybridized carbons (Fsp3) is 0.600. The second kappa shape index (κ2) is 4.51. The van der Waals surface area contributed by atoms with Gasteiger partial charge in [-0.05, 0) is 55.6 Å². The van der Waals surface area contributed by atoms with E-state index in [1.807, 2.05) is 6.07 Å². The van der Waals surface area contributed by atoms with E-state index < -0.39 is 5.97 Å². The Morgan fingerprint density at radius 2 is 2.26 bits per heavy atom. The second-order valence-electron chi connectivity index (χ2n) is 5.86. The molecule has 1 saturated carbocycles. The van der Waals surface area contributed by atoms with Gasteiger partial charge in [-0.25, -0.2) is 9.78 Å². The first-order valence-electron chi connectivity index (χ1n) is 7.13. The topological polar surface area (TPSA) is 62.2 Å². The molecule has 3 rings (SSSR count). The summed E-state index contributed by atoms with van der Waals surface area (Å²) in [6.45, 7) is 3.04. The van der Waals surface area contributed by atoms with E-state index in [-0.39, 0.29) is 0 Å². The number of anilines is 1. The normalized spacial score (nSPS) is 19.0. The van der Waals surface area contributed by atoms with Crippen molar-refractivity contribution in [1.82, 2.24) is 4.98 Å². The number of hydrogen-bond donors (Lipinski definition) is 2. The summed E-state index contributed by atoms with van der Waals surface area (Å²) in [4.78, 5) is 15.9. The largest absolute Gasteiger partial charge is 0.478 e. The summed E-state index contributed by atoms with van der Waals surface area (Å²) in [5.41, 5.74) is 2.90. The molecule has 0 spiro atoms. The number of aryl methyl sites for hydroxylation is 2. The first-order chi connectivity index (χ1) is 9.13. The summed E-state index contributed by atoms with van der Waals surface area (Å²) >= 11 is 0. The van der Waals surface area contributed by atoms with Gasteiger partial charge < -0.3 is 10.4 Å². The third kappa shape index (κ3) is 2.31. The van der Waals surface area contributed by atoms with Crippen molar-refractivity contribution in [3.63, 3.8) is 0 Å². The molecule has 2 N–H and O–H groups in total. The van der Waals surface area contributed by atoms with Crippen LogP contribution in [0.5, 0.6) is 0 Å². The summed E-state index contributed by atoms with van der Waals surface area (Å²) in [5, 5.41) is 12.6. The minimum Gasteiger partial charge on any atom is -0.478 e. The van der Waals surface area contributed by atoms with Crippen LogP contribution in [0, 0.1) is 5.41 Å². The van der Waals surface area contributed by atoms with Crippen LogP contribution in [0.25, 0.3) is 0 Å². The Bertz CT molecular complexity index is 521. The van der Waals surface area contributed by atoms with Crippen LogP contribution in [-0.4, -0.2) is 22.6 Å². The van der Waals surface area contributed by atoms with E-state index in [2.05, 4.69) is 17.2 Å². The number of carbonyl (C=O) groups is 1. The fourth-order valence-electron chi connectivity index (χ4n) is 2.87. The Balaban J connectivity index is 1.84. The van der Waals surface area contributed by atoms with Crippen molar-refractivity contribution < 1.29 is 9.90 Å². The molecule has 0 unspecified atom stereocenters. The first kappa shape index (κ1) is 12.5. The maximum Gasteiger partial charge on any atom is 0.339 e. The molecule has 1 aromatic heterocycles. The van der Waals surface area contributed by atoms with Gasteiger partial charge in [0.25, 0.3) is 0 Å². The zero-order chi connectivity index (χ0) is 13.5. The van der Waals surface area contributed by atoms with Gasteiger partial charge in [0.15, 0.2) is 0 Å². The Kier molecular flexibility index (Phi) is 2.96. The smallest absolute Gasteiger partial charge is 0.339 e. The standard InChI is InChI=1S/C15H20N2O2/c1-2-15(6-7-15)9-16-13-11(14(18)19)8-10-4-3-5-12(10)17-13/h8H,2-7,9H2,1H3,(H,16,17)(H,18,19). The Labute approximate surface area is 113 Å². The van der Waals surface area contributed by atoms with Crippen molar-refractivity contribution in [3.05, 3.63) is 22.9 Å². The van der Waals surface area contributed by atoms with Crippen molar-refractivity contribution in [2.75, 3.05) is 11.9 Å². The maximum absolute atomic E-state index is 11.4. The van der Waals surface area contributed by atoms with E-state index in [9.17, 15) is 9.90 Å². The average molecular weight is 260 g/mol. The zero-order valence-corrected chi connectivity index (χ0v) is 11.3. The molecule has 0 aromatic carbocycles.